The molecule has 2 aliphatic rings. The van der Waals surface area contributed by atoms with E-state index in [2.05, 4.69) is 18.3 Å². The van der Waals surface area contributed by atoms with E-state index in [0.29, 0.717) is 21.7 Å². The summed E-state index contributed by atoms with van der Waals surface area (Å²) in [7, 11) is 0. The Morgan fingerprint density at radius 1 is 1.39 bits per heavy atom. The maximum atomic E-state index is 12.2. The maximum Gasteiger partial charge on any atom is 0.307 e. The molecule has 1 heterocycles. The van der Waals surface area contributed by atoms with Gasteiger partial charge in [0.15, 0.2) is 0 Å². The van der Waals surface area contributed by atoms with Gasteiger partial charge in [0.05, 0.1) is 28.6 Å². The van der Waals surface area contributed by atoms with Gasteiger partial charge in [-0.2, -0.15) is 0 Å². The molecule has 0 spiro atoms. The SMILES string of the molecule is CCOC(=O)C[C@H]1SC(C2(C)C=CC=C(Cl)C2Cl)c2cc(Cl)ccc2NC1=S. The van der Waals surface area contributed by atoms with Crippen LogP contribution in [0.3, 0.4) is 0 Å². The summed E-state index contributed by atoms with van der Waals surface area (Å²) < 4.78 is 5.14. The number of rotatable bonds is 4. The van der Waals surface area contributed by atoms with Gasteiger partial charge in [-0.1, -0.05) is 54.5 Å². The largest absolute Gasteiger partial charge is 0.466 e. The first-order valence-corrected chi connectivity index (χ1v) is 11.4. The Kier molecular flexibility index (Phi) is 7.04. The number of hydrogen-bond acceptors (Lipinski definition) is 4. The van der Waals surface area contributed by atoms with Gasteiger partial charge < -0.3 is 10.1 Å². The van der Waals surface area contributed by atoms with Crippen molar-refractivity contribution in [3.63, 3.8) is 0 Å². The molecule has 1 aliphatic carbocycles. The quantitative estimate of drug-likeness (QED) is 0.305. The second-order valence-corrected chi connectivity index (χ2v) is 9.94. The molecule has 0 saturated carbocycles. The van der Waals surface area contributed by atoms with E-state index >= 15 is 0 Å². The van der Waals surface area contributed by atoms with Gasteiger partial charge in [-0.15, -0.1) is 23.4 Å². The monoisotopic (exact) mass is 475 g/mol. The fourth-order valence-electron chi connectivity index (χ4n) is 3.40. The second-order valence-electron chi connectivity index (χ2n) is 6.87. The molecular weight excluding hydrogens is 457 g/mol. The number of esters is 1. The Morgan fingerprint density at radius 3 is 2.86 bits per heavy atom. The van der Waals surface area contributed by atoms with Gasteiger partial charge in [-0.3, -0.25) is 4.79 Å². The van der Waals surface area contributed by atoms with Crippen LogP contribution in [-0.4, -0.2) is 28.2 Å². The number of alkyl halides is 1. The molecular formula is C20H20Cl3NO2S2. The molecule has 28 heavy (non-hydrogen) atoms. The van der Waals surface area contributed by atoms with Crippen molar-refractivity contribution in [2.24, 2.45) is 5.41 Å². The highest BCUT2D eigenvalue weighted by Gasteiger charge is 2.46. The third-order valence-corrected chi connectivity index (χ3v) is 8.57. The molecule has 1 aliphatic heterocycles. The predicted octanol–water partition coefficient (Wildman–Crippen LogP) is 6.50. The van der Waals surface area contributed by atoms with Crippen molar-refractivity contribution in [1.82, 2.24) is 0 Å². The summed E-state index contributed by atoms with van der Waals surface area (Å²) in [6, 6.07) is 5.64. The third-order valence-electron chi connectivity index (χ3n) is 4.87. The first kappa shape index (κ1) is 22.0. The van der Waals surface area contributed by atoms with Gasteiger partial charge >= 0.3 is 5.97 Å². The Balaban J connectivity index is 2.05. The van der Waals surface area contributed by atoms with Crippen molar-refractivity contribution < 1.29 is 9.53 Å². The highest BCUT2D eigenvalue weighted by Crippen LogP contribution is 2.57. The topological polar surface area (TPSA) is 38.3 Å². The zero-order valence-corrected chi connectivity index (χ0v) is 19.3. The molecule has 1 aromatic carbocycles. The standard InChI is InChI=1S/C20H20Cl3NO2S2/c1-3-26-16(25)10-15-19(27)24-14-7-6-11(21)9-12(14)18(28-15)20(2)8-4-5-13(22)17(20)23/h4-9,15,17-18H,3,10H2,1-2H3,(H,24,27)/t15-,17?,18?,20?/m1/s1. The molecule has 8 heteroatoms. The summed E-state index contributed by atoms with van der Waals surface area (Å²) in [6.45, 7) is 4.19. The van der Waals surface area contributed by atoms with E-state index in [9.17, 15) is 4.79 Å². The molecule has 150 valence electrons. The van der Waals surface area contributed by atoms with Crippen LogP contribution >= 0.6 is 58.8 Å². The number of carbonyl (C=O) groups excluding carboxylic acids is 1. The number of halogens is 3. The van der Waals surface area contributed by atoms with Crippen molar-refractivity contribution >= 4 is 75.4 Å². The minimum absolute atomic E-state index is 0.130. The van der Waals surface area contributed by atoms with Crippen LogP contribution in [0.1, 0.15) is 31.1 Å². The van der Waals surface area contributed by atoms with Gasteiger partial charge in [0, 0.05) is 26.4 Å². The summed E-state index contributed by atoms with van der Waals surface area (Å²) in [5.41, 5.74) is 1.34. The van der Waals surface area contributed by atoms with Crippen LogP contribution in [0.25, 0.3) is 0 Å². The lowest BCUT2D eigenvalue weighted by molar-refractivity contribution is -0.142. The fourth-order valence-corrected chi connectivity index (χ4v) is 6.19. The van der Waals surface area contributed by atoms with Crippen LogP contribution in [-0.2, 0) is 9.53 Å². The lowest BCUT2D eigenvalue weighted by Gasteiger charge is -2.41. The van der Waals surface area contributed by atoms with Crippen molar-refractivity contribution in [1.29, 1.82) is 0 Å². The summed E-state index contributed by atoms with van der Waals surface area (Å²) in [5.74, 6) is -0.281. The van der Waals surface area contributed by atoms with Crippen molar-refractivity contribution in [2.75, 3.05) is 11.9 Å². The Morgan fingerprint density at radius 2 is 2.14 bits per heavy atom. The number of ether oxygens (including phenoxy) is 1. The van der Waals surface area contributed by atoms with E-state index in [-0.39, 0.29) is 22.9 Å². The fraction of sp³-hybridized carbons (Fsp3) is 0.400. The molecule has 1 aromatic rings. The van der Waals surface area contributed by atoms with Gasteiger partial charge in [0.1, 0.15) is 0 Å². The van der Waals surface area contributed by atoms with E-state index in [1.807, 2.05) is 24.3 Å². The van der Waals surface area contributed by atoms with Crippen molar-refractivity contribution in [3.8, 4) is 0 Å². The lowest BCUT2D eigenvalue weighted by Crippen LogP contribution is -2.35. The number of hydrogen-bond donors (Lipinski definition) is 1. The average molecular weight is 477 g/mol. The molecule has 1 N–H and O–H groups in total. The molecule has 3 rings (SSSR count). The maximum absolute atomic E-state index is 12.2. The number of anilines is 1. The van der Waals surface area contributed by atoms with E-state index in [4.69, 9.17) is 51.8 Å². The number of thioether (sulfide) groups is 1. The minimum atomic E-state index is -0.508. The average Bonchev–Trinajstić information content (AvgIpc) is 2.77. The Bertz CT molecular complexity index is 858. The van der Waals surface area contributed by atoms with E-state index < -0.39 is 10.8 Å². The van der Waals surface area contributed by atoms with Crippen molar-refractivity contribution in [3.05, 3.63) is 52.0 Å². The predicted molar refractivity (Wildman–Crippen MR) is 124 cm³/mol. The molecule has 3 nitrogen and oxygen atoms in total. The lowest BCUT2D eigenvalue weighted by atomic mass is 9.77. The Labute approximate surface area is 189 Å². The third kappa shape index (κ3) is 4.39. The van der Waals surface area contributed by atoms with Crippen LogP contribution in [0.5, 0.6) is 0 Å². The highest BCUT2D eigenvalue weighted by atomic mass is 35.5. The van der Waals surface area contributed by atoms with Crippen LogP contribution in [0.4, 0.5) is 5.69 Å². The summed E-state index contributed by atoms with van der Waals surface area (Å²) >= 11 is 26.7. The summed E-state index contributed by atoms with van der Waals surface area (Å²) in [6.07, 6.45) is 5.97. The molecule has 0 bridgehead atoms. The van der Waals surface area contributed by atoms with Crippen LogP contribution in [0.2, 0.25) is 5.02 Å². The first-order valence-electron chi connectivity index (χ1n) is 8.86. The molecule has 0 radical (unpaired) electrons. The summed E-state index contributed by atoms with van der Waals surface area (Å²) in [4.78, 5) is 12.7. The smallest absolute Gasteiger partial charge is 0.307 e. The summed E-state index contributed by atoms with van der Waals surface area (Å²) in [5, 5.41) is 3.68. The number of benzene rings is 1. The van der Waals surface area contributed by atoms with Crippen LogP contribution < -0.4 is 5.32 Å². The zero-order valence-electron chi connectivity index (χ0n) is 15.4. The molecule has 4 atom stereocenters. The number of fused-ring (bicyclic) bond motifs is 1. The normalized spacial score (nSPS) is 29.4. The highest BCUT2D eigenvalue weighted by molar-refractivity contribution is 8.02. The number of carbonyl (C=O) groups is 1. The zero-order chi connectivity index (χ0) is 20.5. The number of thiocarbonyl (C=S) groups is 1. The molecule has 3 unspecified atom stereocenters. The van der Waals surface area contributed by atoms with E-state index in [1.54, 1.807) is 24.8 Å². The Hall–Kier alpha value is -0.720. The van der Waals surface area contributed by atoms with Crippen LogP contribution in [0.15, 0.2) is 41.5 Å². The van der Waals surface area contributed by atoms with Gasteiger partial charge in [0.2, 0.25) is 0 Å². The minimum Gasteiger partial charge on any atom is -0.466 e. The number of allylic oxidation sites excluding steroid dienone is 4. The second kappa shape index (κ2) is 8.97. The molecule has 0 saturated heterocycles. The van der Waals surface area contributed by atoms with E-state index in [0.717, 1.165) is 11.3 Å². The van der Waals surface area contributed by atoms with Crippen LogP contribution in [0, 0.1) is 5.41 Å². The van der Waals surface area contributed by atoms with Gasteiger partial charge in [0.25, 0.3) is 0 Å². The van der Waals surface area contributed by atoms with Crippen molar-refractivity contribution in [2.45, 2.75) is 36.1 Å². The molecule has 0 aromatic heterocycles. The van der Waals surface area contributed by atoms with Gasteiger partial charge in [-0.05, 0) is 36.8 Å². The molecule has 0 amide bonds. The number of nitrogens with one attached hydrogen (secondary N) is 1. The van der Waals surface area contributed by atoms with E-state index in [1.165, 1.54) is 0 Å². The molecule has 0 fully saturated rings. The first-order chi connectivity index (χ1) is 13.3. The van der Waals surface area contributed by atoms with Gasteiger partial charge in [-0.25, -0.2) is 0 Å².